The van der Waals surface area contributed by atoms with Crippen LogP contribution in [-0.4, -0.2) is 18.2 Å². The summed E-state index contributed by atoms with van der Waals surface area (Å²) in [6.07, 6.45) is 0.737. The maximum Gasteiger partial charge on any atom is 0.308 e. The fourth-order valence-electron chi connectivity index (χ4n) is 0.515. The topological polar surface area (TPSA) is 46.2 Å². The first-order valence-electron chi connectivity index (χ1n) is 3.82. The molecule has 3 heteroatoms. The van der Waals surface area contributed by atoms with Crippen LogP contribution in [0, 0.1) is 0 Å². The molecule has 65 valence electrons. The third-order valence-corrected chi connectivity index (χ3v) is 1.55. The van der Waals surface area contributed by atoms with Crippen LogP contribution in [0.3, 0.4) is 0 Å². The van der Waals surface area contributed by atoms with E-state index in [0.717, 1.165) is 6.42 Å². The van der Waals surface area contributed by atoms with Gasteiger partial charge in [-0.05, 0) is 20.3 Å². The average Bonchev–Trinajstić information content (AvgIpc) is 1.87. The maximum absolute atomic E-state index is 10.8. The van der Waals surface area contributed by atoms with Crippen LogP contribution in [0.1, 0.15) is 33.6 Å². The van der Waals surface area contributed by atoms with Crippen molar-refractivity contribution in [1.29, 1.82) is 0 Å². The third kappa shape index (κ3) is 4.79. The lowest BCUT2D eigenvalue weighted by Gasteiger charge is -2.22. The Labute approximate surface area is 67.4 Å². The Kier molecular flexibility index (Phi) is 4.11. The fraction of sp³-hybridized carbons (Fsp3) is 0.875. The van der Waals surface area contributed by atoms with Gasteiger partial charge in [-0.25, -0.2) is 5.11 Å². The molecule has 0 saturated carbocycles. The molecule has 0 fully saturated rings. The van der Waals surface area contributed by atoms with Gasteiger partial charge in [-0.2, -0.15) is 0 Å². The molecular weight excluding hydrogens is 144 g/mol. The molecule has 11 heavy (non-hydrogen) atoms. The van der Waals surface area contributed by atoms with Crippen molar-refractivity contribution in [2.45, 2.75) is 39.2 Å². The first-order chi connectivity index (χ1) is 5.02. The van der Waals surface area contributed by atoms with E-state index in [1.807, 2.05) is 20.8 Å². The SMILES string of the molecule is CCC(C)(C)OC(=O)CC[O]. The predicted octanol–water partition coefficient (Wildman–Crippen LogP) is 1.54. The smallest absolute Gasteiger partial charge is 0.308 e. The summed E-state index contributed by atoms with van der Waals surface area (Å²) in [5.74, 6) is -0.396. The summed E-state index contributed by atoms with van der Waals surface area (Å²) in [4.78, 5) is 10.8. The molecule has 0 rings (SSSR count). The van der Waals surface area contributed by atoms with E-state index in [9.17, 15) is 9.90 Å². The molecule has 0 N–H and O–H groups in total. The molecule has 0 saturated heterocycles. The lowest BCUT2D eigenvalue weighted by molar-refractivity contribution is -0.157. The summed E-state index contributed by atoms with van der Waals surface area (Å²) in [5.41, 5.74) is -0.424. The zero-order valence-electron chi connectivity index (χ0n) is 7.35. The number of hydrogen-bond acceptors (Lipinski definition) is 2. The summed E-state index contributed by atoms with van der Waals surface area (Å²) < 4.78 is 4.99. The van der Waals surface area contributed by atoms with Crippen molar-refractivity contribution >= 4 is 5.97 Å². The largest absolute Gasteiger partial charge is 0.460 e. The van der Waals surface area contributed by atoms with Crippen LogP contribution >= 0.6 is 0 Å². The molecule has 0 amide bonds. The molecule has 0 aromatic heterocycles. The monoisotopic (exact) mass is 159 g/mol. The first kappa shape index (κ1) is 10.4. The average molecular weight is 159 g/mol. The second-order valence-corrected chi connectivity index (χ2v) is 3.04. The van der Waals surface area contributed by atoms with Crippen molar-refractivity contribution < 1.29 is 14.6 Å². The maximum atomic E-state index is 10.8. The fourth-order valence-corrected chi connectivity index (χ4v) is 0.515. The van der Waals surface area contributed by atoms with E-state index in [2.05, 4.69) is 0 Å². The molecule has 0 aromatic carbocycles. The Morgan fingerprint density at radius 2 is 2.00 bits per heavy atom. The zero-order chi connectivity index (χ0) is 8.91. The summed E-state index contributed by atoms with van der Waals surface area (Å²) in [5, 5.41) is 10.0. The van der Waals surface area contributed by atoms with Crippen LogP contribution in [0.15, 0.2) is 0 Å². The quantitative estimate of drug-likeness (QED) is 0.584. The molecule has 3 nitrogen and oxygen atoms in total. The van der Waals surface area contributed by atoms with Gasteiger partial charge in [0.15, 0.2) is 0 Å². The van der Waals surface area contributed by atoms with E-state index in [1.54, 1.807) is 0 Å². The van der Waals surface area contributed by atoms with Crippen molar-refractivity contribution in [1.82, 2.24) is 0 Å². The highest BCUT2D eigenvalue weighted by molar-refractivity contribution is 5.69. The van der Waals surface area contributed by atoms with E-state index in [1.165, 1.54) is 0 Å². The number of hydrogen-bond donors (Lipinski definition) is 0. The van der Waals surface area contributed by atoms with E-state index in [-0.39, 0.29) is 6.42 Å². The van der Waals surface area contributed by atoms with Crippen LogP contribution in [0.4, 0.5) is 0 Å². The molecule has 0 aromatic rings. The van der Waals surface area contributed by atoms with Gasteiger partial charge in [-0.3, -0.25) is 4.79 Å². The second-order valence-electron chi connectivity index (χ2n) is 3.04. The normalized spacial score (nSPS) is 11.3. The Bertz CT molecular complexity index is 129. The molecule has 0 aliphatic heterocycles. The molecule has 1 radical (unpaired) electrons. The highest BCUT2D eigenvalue weighted by Gasteiger charge is 2.19. The van der Waals surface area contributed by atoms with E-state index in [0.29, 0.717) is 0 Å². The van der Waals surface area contributed by atoms with Crippen molar-refractivity contribution in [3.05, 3.63) is 0 Å². The zero-order valence-corrected chi connectivity index (χ0v) is 7.35. The number of carbonyl (C=O) groups is 1. The summed E-state index contributed by atoms with van der Waals surface area (Å²) >= 11 is 0. The van der Waals surface area contributed by atoms with Crippen molar-refractivity contribution in [3.63, 3.8) is 0 Å². The van der Waals surface area contributed by atoms with E-state index >= 15 is 0 Å². The van der Waals surface area contributed by atoms with Crippen molar-refractivity contribution in [2.24, 2.45) is 0 Å². The van der Waals surface area contributed by atoms with Gasteiger partial charge in [-0.15, -0.1) is 0 Å². The first-order valence-corrected chi connectivity index (χ1v) is 3.82. The Balaban J connectivity index is 3.74. The van der Waals surface area contributed by atoms with E-state index in [4.69, 9.17) is 4.74 Å². The van der Waals surface area contributed by atoms with Crippen molar-refractivity contribution in [2.75, 3.05) is 6.61 Å². The molecule has 0 spiro atoms. The standard InChI is InChI=1S/C8H15O3/c1-4-8(2,3)11-7(10)5-6-9/h4-6H2,1-3H3. The minimum atomic E-state index is -0.424. The lowest BCUT2D eigenvalue weighted by atomic mass is 10.1. The molecule has 0 aliphatic carbocycles. The highest BCUT2D eigenvalue weighted by Crippen LogP contribution is 2.13. The molecule has 0 aliphatic rings. The van der Waals surface area contributed by atoms with Gasteiger partial charge < -0.3 is 4.74 Å². The van der Waals surface area contributed by atoms with Gasteiger partial charge >= 0.3 is 5.97 Å². The Hall–Kier alpha value is -0.570. The van der Waals surface area contributed by atoms with Crippen LogP contribution in [0.25, 0.3) is 0 Å². The number of esters is 1. The molecule has 0 heterocycles. The summed E-state index contributed by atoms with van der Waals surface area (Å²) in [6, 6.07) is 0. The van der Waals surface area contributed by atoms with Crippen molar-refractivity contribution in [3.8, 4) is 0 Å². The number of carbonyl (C=O) groups excluding carboxylic acids is 1. The van der Waals surface area contributed by atoms with Gasteiger partial charge in [-0.1, -0.05) is 6.92 Å². The minimum absolute atomic E-state index is 0.0244. The van der Waals surface area contributed by atoms with Crippen LogP contribution in [-0.2, 0) is 14.6 Å². The number of rotatable bonds is 4. The van der Waals surface area contributed by atoms with Crippen LogP contribution in [0.2, 0.25) is 0 Å². The Morgan fingerprint density at radius 3 is 2.36 bits per heavy atom. The summed E-state index contributed by atoms with van der Waals surface area (Å²) in [6.45, 7) is 5.20. The van der Waals surface area contributed by atoms with Crippen LogP contribution in [0.5, 0.6) is 0 Å². The lowest BCUT2D eigenvalue weighted by Crippen LogP contribution is -2.27. The van der Waals surface area contributed by atoms with Gasteiger partial charge in [0.05, 0.1) is 13.0 Å². The Morgan fingerprint density at radius 1 is 1.45 bits per heavy atom. The van der Waals surface area contributed by atoms with Gasteiger partial charge in [0, 0.05) is 0 Å². The summed E-state index contributed by atoms with van der Waals surface area (Å²) in [7, 11) is 0. The number of ether oxygens (including phenoxy) is 1. The molecule has 0 atom stereocenters. The molecule has 0 bridgehead atoms. The predicted molar refractivity (Wildman–Crippen MR) is 40.6 cm³/mol. The third-order valence-electron chi connectivity index (χ3n) is 1.55. The minimum Gasteiger partial charge on any atom is -0.460 e. The molecular formula is C8H15O3. The van der Waals surface area contributed by atoms with Gasteiger partial charge in [0.2, 0.25) is 0 Å². The van der Waals surface area contributed by atoms with Gasteiger partial charge in [0.1, 0.15) is 5.60 Å². The van der Waals surface area contributed by atoms with Crippen LogP contribution < -0.4 is 0 Å². The highest BCUT2D eigenvalue weighted by atomic mass is 16.6. The van der Waals surface area contributed by atoms with E-state index < -0.39 is 18.2 Å². The molecule has 0 unspecified atom stereocenters. The second kappa shape index (κ2) is 4.34. The van der Waals surface area contributed by atoms with Gasteiger partial charge in [0.25, 0.3) is 0 Å².